The SMILES string of the molecule is COCCSc1cc(Cl)ccc1C=O. The van der Waals surface area contributed by atoms with Crippen LogP contribution in [0.3, 0.4) is 0 Å². The van der Waals surface area contributed by atoms with Gasteiger partial charge in [0.2, 0.25) is 0 Å². The van der Waals surface area contributed by atoms with Crippen molar-refractivity contribution in [2.75, 3.05) is 19.5 Å². The molecule has 76 valence electrons. The highest BCUT2D eigenvalue weighted by Gasteiger charge is 2.02. The Hall–Kier alpha value is -0.510. The van der Waals surface area contributed by atoms with E-state index < -0.39 is 0 Å². The Labute approximate surface area is 92.6 Å². The molecule has 0 radical (unpaired) electrons. The Kier molecular flexibility index (Phi) is 5.01. The topological polar surface area (TPSA) is 26.3 Å². The van der Waals surface area contributed by atoms with Gasteiger partial charge in [-0.15, -0.1) is 11.8 Å². The third kappa shape index (κ3) is 3.33. The Morgan fingerprint density at radius 3 is 3.00 bits per heavy atom. The summed E-state index contributed by atoms with van der Waals surface area (Å²) in [6.45, 7) is 0.662. The molecule has 0 saturated carbocycles. The second kappa shape index (κ2) is 6.06. The summed E-state index contributed by atoms with van der Waals surface area (Å²) in [5.74, 6) is 0.817. The van der Waals surface area contributed by atoms with Gasteiger partial charge in [-0.2, -0.15) is 0 Å². The van der Waals surface area contributed by atoms with Crippen molar-refractivity contribution >= 4 is 29.6 Å². The van der Waals surface area contributed by atoms with E-state index in [0.29, 0.717) is 17.2 Å². The number of hydrogen-bond donors (Lipinski definition) is 0. The number of carbonyl (C=O) groups is 1. The predicted molar refractivity (Wildman–Crippen MR) is 59.4 cm³/mol. The van der Waals surface area contributed by atoms with Gasteiger partial charge < -0.3 is 4.74 Å². The van der Waals surface area contributed by atoms with Crippen LogP contribution in [-0.4, -0.2) is 25.8 Å². The molecular formula is C10H11ClO2S. The molecule has 1 aromatic carbocycles. The first-order valence-corrected chi connectivity index (χ1v) is 5.50. The van der Waals surface area contributed by atoms with E-state index in [1.165, 1.54) is 0 Å². The van der Waals surface area contributed by atoms with Crippen molar-refractivity contribution < 1.29 is 9.53 Å². The zero-order chi connectivity index (χ0) is 10.4. The molecular weight excluding hydrogens is 220 g/mol. The molecule has 4 heteroatoms. The average Bonchev–Trinajstić information content (AvgIpc) is 2.19. The van der Waals surface area contributed by atoms with Gasteiger partial charge >= 0.3 is 0 Å². The molecule has 0 spiro atoms. The second-order valence-corrected chi connectivity index (χ2v) is 4.21. The summed E-state index contributed by atoms with van der Waals surface area (Å²) in [4.78, 5) is 11.6. The summed E-state index contributed by atoms with van der Waals surface area (Å²) in [7, 11) is 1.65. The normalized spacial score (nSPS) is 10.1. The number of ether oxygens (including phenoxy) is 1. The van der Waals surface area contributed by atoms with E-state index in [1.807, 2.05) is 0 Å². The lowest BCUT2D eigenvalue weighted by atomic mass is 10.2. The van der Waals surface area contributed by atoms with Crippen LogP contribution in [0.2, 0.25) is 5.02 Å². The molecule has 0 aromatic heterocycles. The van der Waals surface area contributed by atoms with E-state index in [0.717, 1.165) is 16.9 Å². The summed E-state index contributed by atoms with van der Waals surface area (Å²) in [5.41, 5.74) is 0.676. The predicted octanol–water partition coefficient (Wildman–Crippen LogP) is 2.89. The molecule has 0 aliphatic rings. The monoisotopic (exact) mass is 230 g/mol. The summed E-state index contributed by atoms with van der Waals surface area (Å²) in [6, 6.07) is 5.24. The molecule has 0 N–H and O–H groups in total. The lowest BCUT2D eigenvalue weighted by molar-refractivity contribution is 0.112. The minimum absolute atomic E-state index is 0.649. The van der Waals surface area contributed by atoms with Crippen molar-refractivity contribution in [1.82, 2.24) is 0 Å². The van der Waals surface area contributed by atoms with E-state index in [2.05, 4.69) is 0 Å². The first-order chi connectivity index (χ1) is 6.77. The number of thioether (sulfide) groups is 1. The van der Waals surface area contributed by atoms with Crippen molar-refractivity contribution in [3.63, 3.8) is 0 Å². The maximum Gasteiger partial charge on any atom is 0.151 e. The van der Waals surface area contributed by atoms with Gasteiger partial charge in [0.15, 0.2) is 6.29 Å². The molecule has 1 aromatic rings. The number of rotatable bonds is 5. The standard InChI is InChI=1S/C10H11ClO2S/c1-13-4-5-14-10-6-9(11)3-2-8(10)7-12/h2-3,6-7H,4-5H2,1H3. The van der Waals surface area contributed by atoms with Crippen molar-refractivity contribution in [2.45, 2.75) is 4.90 Å². The molecule has 2 nitrogen and oxygen atoms in total. The molecule has 0 amide bonds. The molecule has 0 aliphatic heterocycles. The molecule has 0 unspecified atom stereocenters. The zero-order valence-corrected chi connectivity index (χ0v) is 9.40. The lowest BCUT2D eigenvalue weighted by Gasteiger charge is -2.04. The van der Waals surface area contributed by atoms with Gasteiger partial charge in [-0.25, -0.2) is 0 Å². The van der Waals surface area contributed by atoms with Gasteiger partial charge in [0, 0.05) is 28.3 Å². The first-order valence-electron chi connectivity index (χ1n) is 4.14. The molecule has 0 bridgehead atoms. The largest absolute Gasteiger partial charge is 0.384 e. The number of benzene rings is 1. The van der Waals surface area contributed by atoms with E-state index >= 15 is 0 Å². The summed E-state index contributed by atoms with van der Waals surface area (Å²) < 4.78 is 4.93. The van der Waals surface area contributed by atoms with Crippen molar-refractivity contribution in [3.8, 4) is 0 Å². The van der Waals surface area contributed by atoms with Crippen LogP contribution >= 0.6 is 23.4 Å². The fourth-order valence-corrected chi connectivity index (χ4v) is 2.17. The van der Waals surface area contributed by atoms with Crippen LogP contribution in [0.25, 0.3) is 0 Å². The average molecular weight is 231 g/mol. The van der Waals surface area contributed by atoms with Gasteiger partial charge in [0.25, 0.3) is 0 Å². The second-order valence-electron chi connectivity index (χ2n) is 2.64. The highest BCUT2D eigenvalue weighted by atomic mass is 35.5. The number of methoxy groups -OCH3 is 1. The van der Waals surface area contributed by atoms with Gasteiger partial charge in [0.05, 0.1) is 6.61 Å². The van der Waals surface area contributed by atoms with E-state index in [4.69, 9.17) is 16.3 Å². The maximum absolute atomic E-state index is 10.7. The molecule has 0 aliphatic carbocycles. The Balaban J connectivity index is 2.72. The quantitative estimate of drug-likeness (QED) is 0.442. The van der Waals surface area contributed by atoms with Crippen LogP contribution in [0.1, 0.15) is 10.4 Å². The summed E-state index contributed by atoms with van der Waals surface area (Å²) in [6.07, 6.45) is 0.839. The first kappa shape index (κ1) is 11.6. The van der Waals surface area contributed by atoms with Crippen molar-refractivity contribution in [2.24, 2.45) is 0 Å². The van der Waals surface area contributed by atoms with Crippen LogP contribution < -0.4 is 0 Å². The molecule has 0 saturated heterocycles. The molecule has 1 rings (SSSR count). The minimum atomic E-state index is 0.649. The summed E-state index contributed by atoms with van der Waals surface area (Å²) in [5, 5.41) is 0.649. The Morgan fingerprint density at radius 1 is 1.57 bits per heavy atom. The van der Waals surface area contributed by atoms with E-state index in [9.17, 15) is 4.79 Å². The van der Waals surface area contributed by atoms with E-state index in [1.54, 1.807) is 37.1 Å². The van der Waals surface area contributed by atoms with Crippen LogP contribution in [0, 0.1) is 0 Å². The third-order valence-electron chi connectivity index (χ3n) is 1.65. The van der Waals surface area contributed by atoms with Crippen molar-refractivity contribution in [3.05, 3.63) is 28.8 Å². The molecule has 14 heavy (non-hydrogen) atoms. The third-order valence-corrected chi connectivity index (χ3v) is 2.92. The number of carbonyl (C=O) groups excluding carboxylic acids is 1. The maximum atomic E-state index is 10.7. The number of halogens is 1. The van der Waals surface area contributed by atoms with Gasteiger partial charge in [0.1, 0.15) is 0 Å². The highest BCUT2D eigenvalue weighted by molar-refractivity contribution is 7.99. The highest BCUT2D eigenvalue weighted by Crippen LogP contribution is 2.25. The lowest BCUT2D eigenvalue weighted by Crippen LogP contribution is -1.93. The summed E-state index contributed by atoms with van der Waals surface area (Å²) >= 11 is 7.40. The van der Waals surface area contributed by atoms with Gasteiger partial charge in [-0.05, 0) is 18.2 Å². The smallest absolute Gasteiger partial charge is 0.151 e. The fourth-order valence-electron chi connectivity index (χ4n) is 0.966. The van der Waals surface area contributed by atoms with Crippen molar-refractivity contribution in [1.29, 1.82) is 0 Å². The van der Waals surface area contributed by atoms with Gasteiger partial charge in [-0.1, -0.05) is 11.6 Å². The van der Waals surface area contributed by atoms with Gasteiger partial charge in [-0.3, -0.25) is 4.79 Å². The fraction of sp³-hybridized carbons (Fsp3) is 0.300. The Bertz CT molecular complexity index is 315. The van der Waals surface area contributed by atoms with Crippen LogP contribution in [0.5, 0.6) is 0 Å². The van der Waals surface area contributed by atoms with Crippen LogP contribution in [0.4, 0.5) is 0 Å². The minimum Gasteiger partial charge on any atom is -0.384 e. The van der Waals surface area contributed by atoms with Crippen LogP contribution in [0.15, 0.2) is 23.1 Å². The number of hydrogen-bond acceptors (Lipinski definition) is 3. The Morgan fingerprint density at radius 2 is 2.36 bits per heavy atom. The molecule has 0 heterocycles. The molecule has 0 atom stereocenters. The zero-order valence-electron chi connectivity index (χ0n) is 7.83. The number of aldehydes is 1. The van der Waals surface area contributed by atoms with E-state index in [-0.39, 0.29) is 0 Å². The molecule has 0 fully saturated rings. The van der Waals surface area contributed by atoms with Crippen LogP contribution in [-0.2, 0) is 4.74 Å².